The summed E-state index contributed by atoms with van der Waals surface area (Å²) >= 11 is 0.842. The maximum Gasteiger partial charge on any atom is 0.336 e. The summed E-state index contributed by atoms with van der Waals surface area (Å²) in [6, 6.07) is 2.64. The Hall–Kier alpha value is -1.87. The number of hydrogen-bond donors (Lipinski definition) is 3. The summed E-state index contributed by atoms with van der Waals surface area (Å²) < 4.78 is 26.0. The fraction of sp³-hybridized carbons (Fsp3) is 0.111. The van der Waals surface area contributed by atoms with Gasteiger partial charge in [-0.15, -0.1) is 11.3 Å². The summed E-state index contributed by atoms with van der Waals surface area (Å²) in [5.74, 6) is -0.999. The van der Waals surface area contributed by atoms with Crippen molar-refractivity contribution in [1.82, 2.24) is 10.2 Å². The Balaban J connectivity index is 2.27. The number of hydrogen-bond acceptors (Lipinski definition) is 5. The Morgan fingerprint density at radius 3 is 2.72 bits per heavy atom. The number of rotatable bonds is 4. The molecule has 0 amide bonds. The normalized spacial score (nSPS) is 11.4. The Bertz CT molecular complexity index is 686. The second kappa shape index (κ2) is 4.42. The summed E-state index contributed by atoms with van der Waals surface area (Å²) in [6.07, 6.45) is 0. The van der Waals surface area contributed by atoms with Gasteiger partial charge in [-0.3, -0.25) is 9.82 Å². The highest BCUT2D eigenvalue weighted by Gasteiger charge is 2.19. The van der Waals surface area contributed by atoms with Crippen molar-refractivity contribution >= 4 is 33.1 Å². The largest absolute Gasteiger partial charge is 0.478 e. The van der Waals surface area contributed by atoms with Crippen molar-refractivity contribution in [2.45, 2.75) is 11.1 Å². The molecule has 2 aromatic heterocycles. The zero-order chi connectivity index (χ0) is 13.3. The van der Waals surface area contributed by atoms with Gasteiger partial charge in [-0.2, -0.15) is 5.10 Å². The third kappa shape index (κ3) is 2.51. The number of aromatic carboxylic acids is 1. The molecule has 0 aliphatic rings. The van der Waals surface area contributed by atoms with E-state index in [9.17, 15) is 13.2 Å². The van der Waals surface area contributed by atoms with Crippen LogP contribution in [0, 0.1) is 6.92 Å². The highest BCUT2D eigenvalue weighted by molar-refractivity contribution is 7.94. The van der Waals surface area contributed by atoms with E-state index in [4.69, 9.17) is 5.11 Å². The Labute approximate surface area is 107 Å². The quantitative estimate of drug-likeness (QED) is 0.784. The molecule has 0 aromatic carbocycles. The lowest BCUT2D eigenvalue weighted by Crippen LogP contribution is -2.11. The summed E-state index contributed by atoms with van der Waals surface area (Å²) in [7, 11) is -3.79. The van der Waals surface area contributed by atoms with Gasteiger partial charge in [-0.05, 0) is 13.0 Å². The molecule has 0 radical (unpaired) electrons. The number of H-pyrrole nitrogens is 1. The van der Waals surface area contributed by atoms with Crippen LogP contribution in [0.4, 0.5) is 5.82 Å². The first-order valence-electron chi connectivity index (χ1n) is 4.75. The van der Waals surface area contributed by atoms with E-state index in [1.165, 1.54) is 11.4 Å². The molecule has 0 fully saturated rings. The number of aromatic amines is 1. The molecule has 0 atom stereocenters. The van der Waals surface area contributed by atoms with Gasteiger partial charge in [0, 0.05) is 17.1 Å². The summed E-state index contributed by atoms with van der Waals surface area (Å²) in [4.78, 5) is 10.7. The van der Waals surface area contributed by atoms with Crippen LogP contribution in [0.15, 0.2) is 21.7 Å². The lowest BCUT2D eigenvalue weighted by atomic mass is 10.4. The standard InChI is InChI=1S/C9H9N3O4S2/c1-5-2-7(11-10-5)12-18(15,16)8-3-6(4-17-8)9(13)14/h2-4H,1H3,(H,13,14)(H2,10,11,12). The monoisotopic (exact) mass is 287 g/mol. The van der Waals surface area contributed by atoms with Crippen LogP contribution < -0.4 is 4.72 Å². The Morgan fingerprint density at radius 1 is 1.50 bits per heavy atom. The molecule has 0 unspecified atom stereocenters. The molecule has 0 saturated heterocycles. The van der Waals surface area contributed by atoms with Gasteiger partial charge in [0.1, 0.15) is 4.21 Å². The van der Waals surface area contributed by atoms with Gasteiger partial charge in [0.25, 0.3) is 10.0 Å². The average molecular weight is 287 g/mol. The summed E-state index contributed by atoms with van der Waals surface area (Å²) in [5, 5.41) is 16.3. The van der Waals surface area contributed by atoms with E-state index in [2.05, 4.69) is 14.9 Å². The number of aryl methyl sites for hydroxylation is 1. The number of nitrogens with zero attached hydrogens (tertiary/aromatic N) is 1. The third-order valence-electron chi connectivity index (χ3n) is 2.03. The zero-order valence-electron chi connectivity index (χ0n) is 9.17. The molecule has 7 nitrogen and oxygen atoms in total. The number of carboxylic acid groups (broad SMARTS) is 1. The predicted octanol–water partition coefficient (Wildman–Crippen LogP) is 1.28. The van der Waals surface area contributed by atoms with Gasteiger partial charge in [0.15, 0.2) is 5.82 Å². The van der Waals surface area contributed by atoms with Crippen molar-refractivity contribution in [3.63, 3.8) is 0 Å². The van der Waals surface area contributed by atoms with E-state index in [1.54, 1.807) is 6.92 Å². The second-order valence-electron chi connectivity index (χ2n) is 3.50. The second-order valence-corrected chi connectivity index (χ2v) is 6.32. The number of anilines is 1. The van der Waals surface area contributed by atoms with Gasteiger partial charge >= 0.3 is 5.97 Å². The minimum atomic E-state index is -3.79. The minimum Gasteiger partial charge on any atom is -0.478 e. The molecular weight excluding hydrogens is 278 g/mol. The third-order valence-corrected chi connectivity index (χ3v) is 4.83. The van der Waals surface area contributed by atoms with Crippen molar-refractivity contribution in [3.8, 4) is 0 Å². The Kier molecular flexibility index (Phi) is 3.09. The van der Waals surface area contributed by atoms with Crippen LogP contribution in [0.1, 0.15) is 16.1 Å². The molecule has 96 valence electrons. The van der Waals surface area contributed by atoms with Crippen molar-refractivity contribution in [3.05, 3.63) is 28.8 Å². The number of thiophene rings is 1. The molecular formula is C9H9N3O4S2. The maximum absolute atomic E-state index is 11.9. The van der Waals surface area contributed by atoms with E-state index in [-0.39, 0.29) is 15.6 Å². The van der Waals surface area contributed by atoms with Crippen LogP contribution in [0.25, 0.3) is 0 Å². The maximum atomic E-state index is 11.9. The molecule has 0 aliphatic carbocycles. The van der Waals surface area contributed by atoms with Crippen molar-refractivity contribution in [1.29, 1.82) is 0 Å². The molecule has 0 bridgehead atoms. The van der Waals surface area contributed by atoms with Crippen LogP contribution in [0.3, 0.4) is 0 Å². The van der Waals surface area contributed by atoms with Gasteiger partial charge in [0.05, 0.1) is 5.56 Å². The topological polar surface area (TPSA) is 112 Å². The number of carboxylic acids is 1. The summed E-state index contributed by atoms with van der Waals surface area (Å²) in [6.45, 7) is 1.73. The van der Waals surface area contributed by atoms with E-state index in [0.717, 1.165) is 17.4 Å². The van der Waals surface area contributed by atoms with Crippen molar-refractivity contribution < 1.29 is 18.3 Å². The predicted molar refractivity (Wildman–Crippen MR) is 65.4 cm³/mol. The molecule has 2 heterocycles. The smallest absolute Gasteiger partial charge is 0.336 e. The number of carbonyl (C=O) groups is 1. The van der Waals surface area contributed by atoms with Crippen LogP contribution in [-0.4, -0.2) is 29.7 Å². The van der Waals surface area contributed by atoms with Crippen LogP contribution in [0.2, 0.25) is 0 Å². The van der Waals surface area contributed by atoms with E-state index in [1.807, 2.05) is 0 Å². The van der Waals surface area contributed by atoms with Gasteiger partial charge in [-0.25, -0.2) is 13.2 Å². The molecule has 0 saturated carbocycles. The first-order valence-corrected chi connectivity index (χ1v) is 7.11. The van der Waals surface area contributed by atoms with E-state index >= 15 is 0 Å². The van der Waals surface area contributed by atoms with Gasteiger partial charge in [0.2, 0.25) is 0 Å². The Morgan fingerprint density at radius 2 is 2.22 bits per heavy atom. The lowest BCUT2D eigenvalue weighted by Gasteiger charge is -2.01. The van der Waals surface area contributed by atoms with E-state index in [0.29, 0.717) is 5.69 Å². The van der Waals surface area contributed by atoms with Crippen LogP contribution >= 0.6 is 11.3 Å². The number of sulfonamides is 1. The highest BCUT2D eigenvalue weighted by atomic mass is 32.2. The molecule has 2 rings (SSSR count). The van der Waals surface area contributed by atoms with Crippen LogP contribution in [-0.2, 0) is 10.0 Å². The number of aromatic nitrogens is 2. The summed E-state index contributed by atoms with van der Waals surface area (Å²) in [5.41, 5.74) is 0.656. The molecule has 2 aromatic rings. The van der Waals surface area contributed by atoms with Gasteiger partial charge < -0.3 is 5.11 Å². The fourth-order valence-electron chi connectivity index (χ4n) is 1.23. The first-order chi connectivity index (χ1) is 8.38. The van der Waals surface area contributed by atoms with Crippen molar-refractivity contribution in [2.24, 2.45) is 0 Å². The highest BCUT2D eigenvalue weighted by Crippen LogP contribution is 2.22. The first kappa shape index (κ1) is 12.6. The zero-order valence-corrected chi connectivity index (χ0v) is 10.8. The molecule has 3 N–H and O–H groups in total. The number of nitrogens with one attached hydrogen (secondary N) is 2. The van der Waals surface area contributed by atoms with Crippen LogP contribution in [0.5, 0.6) is 0 Å². The minimum absolute atomic E-state index is 0.0569. The fourth-order valence-corrected chi connectivity index (χ4v) is 3.37. The molecule has 18 heavy (non-hydrogen) atoms. The van der Waals surface area contributed by atoms with Crippen molar-refractivity contribution in [2.75, 3.05) is 4.72 Å². The molecule has 0 aliphatic heterocycles. The molecule has 0 spiro atoms. The molecule has 9 heteroatoms. The lowest BCUT2D eigenvalue weighted by molar-refractivity contribution is 0.0697. The average Bonchev–Trinajstić information content (AvgIpc) is 2.86. The SMILES string of the molecule is Cc1cc(NS(=O)(=O)c2cc(C(=O)O)cs2)n[nH]1. The van der Waals surface area contributed by atoms with Gasteiger partial charge in [-0.1, -0.05) is 0 Å². The van der Waals surface area contributed by atoms with E-state index < -0.39 is 16.0 Å².